The van der Waals surface area contributed by atoms with E-state index >= 15 is 0 Å². The van der Waals surface area contributed by atoms with Crippen molar-refractivity contribution >= 4 is 29.3 Å². The number of allylic oxidation sites excluding steroid dienone is 1. The van der Waals surface area contributed by atoms with Crippen LogP contribution in [0.25, 0.3) is 0 Å². The molecule has 160 valence electrons. The standard InChI is InChI=1S/C23H23N3O3S2/c1-15-14-30-23(24)26(15)22-20(29-16-7-5-4-6-8-16)12-18(13-25-22)31-21-11-17(27-2)9-10-19(21)28-3/h4-14,23H,24H2,1-3H3. The summed E-state index contributed by atoms with van der Waals surface area (Å²) in [5.41, 5.74) is 7.08. The van der Waals surface area contributed by atoms with Crippen molar-refractivity contribution in [2.75, 3.05) is 19.1 Å². The summed E-state index contributed by atoms with van der Waals surface area (Å²) >= 11 is 3.08. The van der Waals surface area contributed by atoms with Gasteiger partial charge in [0, 0.05) is 22.9 Å². The first-order valence-corrected chi connectivity index (χ1v) is 11.3. The molecule has 3 aromatic rings. The van der Waals surface area contributed by atoms with Gasteiger partial charge in [-0.15, -0.1) is 0 Å². The van der Waals surface area contributed by atoms with Gasteiger partial charge in [0.05, 0.1) is 19.1 Å². The number of anilines is 1. The molecular weight excluding hydrogens is 430 g/mol. The highest BCUT2D eigenvalue weighted by atomic mass is 32.2. The second kappa shape index (κ2) is 9.55. The van der Waals surface area contributed by atoms with Gasteiger partial charge in [0.25, 0.3) is 0 Å². The van der Waals surface area contributed by atoms with Gasteiger partial charge < -0.3 is 24.8 Å². The van der Waals surface area contributed by atoms with Crippen LogP contribution in [0.4, 0.5) is 5.82 Å². The molecule has 1 aromatic heterocycles. The molecule has 6 nitrogen and oxygen atoms in total. The summed E-state index contributed by atoms with van der Waals surface area (Å²) in [5.74, 6) is 3.56. The lowest BCUT2D eigenvalue weighted by Crippen LogP contribution is -2.35. The number of hydrogen-bond donors (Lipinski definition) is 1. The van der Waals surface area contributed by atoms with Gasteiger partial charge in [0.2, 0.25) is 0 Å². The van der Waals surface area contributed by atoms with Crippen molar-refractivity contribution in [2.45, 2.75) is 22.2 Å². The molecule has 2 aromatic carbocycles. The maximum absolute atomic E-state index is 6.30. The van der Waals surface area contributed by atoms with Crippen molar-refractivity contribution in [1.82, 2.24) is 4.98 Å². The topological polar surface area (TPSA) is 69.8 Å². The van der Waals surface area contributed by atoms with Crippen LogP contribution >= 0.6 is 23.5 Å². The molecule has 0 fully saturated rings. The Balaban J connectivity index is 1.72. The summed E-state index contributed by atoms with van der Waals surface area (Å²) in [7, 11) is 3.30. The molecule has 0 amide bonds. The fraction of sp³-hybridized carbons (Fsp3) is 0.174. The van der Waals surface area contributed by atoms with E-state index in [1.165, 1.54) is 11.8 Å². The minimum atomic E-state index is -0.248. The van der Waals surface area contributed by atoms with Crippen LogP contribution in [0.2, 0.25) is 0 Å². The van der Waals surface area contributed by atoms with Gasteiger partial charge in [-0.25, -0.2) is 4.98 Å². The summed E-state index contributed by atoms with van der Waals surface area (Å²) in [6, 6.07) is 17.3. The number of benzene rings is 2. The minimum absolute atomic E-state index is 0.248. The Bertz CT molecular complexity index is 1090. The fourth-order valence-corrected chi connectivity index (χ4v) is 4.90. The Hall–Kier alpha value is -2.81. The Kier molecular flexibility index (Phi) is 6.60. The average Bonchev–Trinajstić information content (AvgIpc) is 3.12. The van der Waals surface area contributed by atoms with Crippen LogP contribution in [-0.2, 0) is 0 Å². The summed E-state index contributed by atoms with van der Waals surface area (Å²) in [6.45, 7) is 2.01. The molecule has 31 heavy (non-hydrogen) atoms. The van der Waals surface area contributed by atoms with Crippen LogP contribution in [0.1, 0.15) is 6.92 Å². The maximum atomic E-state index is 6.30. The number of aromatic nitrogens is 1. The van der Waals surface area contributed by atoms with Crippen LogP contribution in [0, 0.1) is 0 Å². The van der Waals surface area contributed by atoms with Gasteiger partial charge in [-0.05, 0) is 42.7 Å². The summed E-state index contributed by atoms with van der Waals surface area (Å²) in [6.07, 6.45) is 1.82. The van der Waals surface area contributed by atoms with Gasteiger partial charge in [-0.3, -0.25) is 0 Å². The Morgan fingerprint density at radius 1 is 1.00 bits per heavy atom. The predicted octanol–water partition coefficient (Wildman–Crippen LogP) is 5.70. The van der Waals surface area contributed by atoms with E-state index in [9.17, 15) is 0 Å². The van der Waals surface area contributed by atoms with Crippen LogP contribution in [0.15, 0.2) is 81.7 Å². The molecule has 0 saturated carbocycles. The molecule has 1 unspecified atom stereocenters. The normalized spacial score (nSPS) is 15.5. The molecule has 1 aliphatic rings. The third-order valence-corrected chi connectivity index (χ3v) is 6.58. The number of nitrogens with zero attached hydrogens (tertiary/aromatic N) is 2. The quantitative estimate of drug-likeness (QED) is 0.489. The van der Waals surface area contributed by atoms with Gasteiger partial charge in [-0.2, -0.15) is 0 Å². The molecule has 0 spiro atoms. The largest absolute Gasteiger partial charge is 0.497 e. The summed E-state index contributed by atoms with van der Waals surface area (Å²) in [5, 5.41) is 2.03. The van der Waals surface area contributed by atoms with Gasteiger partial charge in [-0.1, -0.05) is 41.7 Å². The lowest BCUT2D eigenvalue weighted by molar-refractivity contribution is 0.394. The van der Waals surface area contributed by atoms with Gasteiger partial charge in [0.15, 0.2) is 11.6 Å². The second-order valence-corrected chi connectivity index (χ2v) is 8.79. The smallest absolute Gasteiger partial charge is 0.178 e. The van der Waals surface area contributed by atoms with Crippen molar-refractivity contribution in [2.24, 2.45) is 5.73 Å². The van der Waals surface area contributed by atoms with E-state index in [2.05, 4.69) is 0 Å². The number of methoxy groups -OCH3 is 2. The number of nitrogens with two attached hydrogens (primary N) is 1. The monoisotopic (exact) mass is 453 g/mol. The zero-order chi connectivity index (χ0) is 21.8. The second-order valence-electron chi connectivity index (χ2n) is 6.68. The van der Waals surface area contributed by atoms with Crippen molar-refractivity contribution in [1.29, 1.82) is 0 Å². The van der Waals surface area contributed by atoms with E-state index in [1.54, 1.807) is 26.0 Å². The van der Waals surface area contributed by atoms with Crippen molar-refractivity contribution in [3.8, 4) is 23.0 Å². The van der Waals surface area contributed by atoms with Crippen LogP contribution in [0.5, 0.6) is 23.0 Å². The third kappa shape index (κ3) is 4.76. The van der Waals surface area contributed by atoms with Crippen LogP contribution < -0.4 is 24.8 Å². The molecule has 1 atom stereocenters. The number of thioether (sulfide) groups is 1. The van der Waals surface area contributed by atoms with E-state index < -0.39 is 0 Å². The minimum Gasteiger partial charge on any atom is -0.497 e. The van der Waals surface area contributed by atoms with Gasteiger partial charge in [0.1, 0.15) is 22.7 Å². The predicted molar refractivity (Wildman–Crippen MR) is 126 cm³/mol. The highest BCUT2D eigenvalue weighted by Gasteiger charge is 2.27. The van der Waals surface area contributed by atoms with Crippen LogP contribution in [0.3, 0.4) is 0 Å². The van der Waals surface area contributed by atoms with Crippen molar-refractivity contribution in [3.05, 3.63) is 71.9 Å². The van der Waals surface area contributed by atoms with E-state index in [0.717, 1.165) is 32.7 Å². The highest BCUT2D eigenvalue weighted by molar-refractivity contribution is 8.03. The Labute approximate surface area is 190 Å². The molecule has 0 radical (unpaired) electrons. The van der Waals surface area contributed by atoms with Crippen molar-refractivity contribution < 1.29 is 14.2 Å². The first-order valence-electron chi connectivity index (χ1n) is 9.59. The zero-order valence-electron chi connectivity index (χ0n) is 17.4. The summed E-state index contributed by atoms with van der Waals surface area (Å²) in [4.78, 5) is 8.53. The molecule has 0 saturated heterocycles. The SMILES string of the molecule is COc1ccc(OC)c(Sc2cnc(N3C(C)=CSC3N)c(Oc3ccccc3)c2)c1. The van der Waals surface area contributed by atoms with E-state index in [0.29, 0.717) is 11.6 Å². The summed E-state index contributed by atoms with van der Waals surface area (Å²) < 4.78 is 17.1. The lowest BCUT2D eigenvalue weighted by Gasteiger charge is -2.26. The molecule has 1 aliphatic heterocycles. The van der Waals surface area contributed by atoms with E-state index in [1.807, 2.05) is 78.0 Å². The van der Waals surface area contributed by atoms with Crippen LogP contribution in [-0.4, -0.2) is 24.7 Å². The number of para-hydroxylation sites is 1. The first kappa shape index (κ1) is 21.4. The number of rotatable bonds is 7. The first-order chi connectivity index (χ1) is 15.1. The average molecular weight is 454 g/mol. The van der Waals surface area contributed by atoms with Crippen molar-refractivity contribution in [3.63, 3.8) is 0 Å². The molecule has 0 bridgehead atoms. The molecule has 8 heteroatoms. The number of hydrogen-bond acceptors (Lipinski definition) is 8. The Morgan fingerprint density at radius 2 is 1.81 bits per heavy atom. The van der Waals surface area contributed by atoms with E-state index in [-0.39, 0.29) is 5.50 Å². The molecular formula is C23H23N3O3S2. The molecule has 2 N–H and O–H groups in total. The number of ether oxygens (including phenoxy) is 3. The maximum Gasteiger partial charge on any atom is 0.178 e. The Morgan fingerprint density at radius 3 is 2.48 bits per heavy atom. The molecule has 4 rings (SSSR count). The third-order valence-electron chi connectivity index (χ3n) is 4.62. The fourth-order valence-electron chi connectivity index (χ4n) is 3.11. The van der Waals surface area contributed by atoms with E-state index in [4.69, 9.17) is 24.9 Å². The number of pyridine rings is 1. The highest BCUT2D eigenvalue weighted by Crippen LogP contribution is 2.43. The lowest BCUT2D eigenvalue weighted by atomic mass is 10.3. The molecule has 2 heterocycles. The molecule has 0 aliphatic carbocycles. The zero-order valence-corrected chi connectivity index (χ0v) is 19.1. The van der Waals surface area contributed by atoms with Gasteiger partial charge >= 0.3 is 0 Å².